The molecule has 1 atom stereocenters. The van der Waals surface area contributed by atoms with Gasteiger partial charge in [0, 0.05) is 55.9 Å². The quantitative estimate of drug-likeness (QED) is 0.120. The average molecular weight is 749 g/mol. The lowest BCUT2D eigenvalue weighted by Crippen LogP contribution is -2.54. The minimum atomic E-state index is -1.03. The van der Waals surface area contributed by atoms with E-state index < -0.39 is 29.7 Å². The van der Waals surface area contributed by atoms with Crippen LogP contribution in [-0.4, -0.2) is 93.1 Å². The van der Waals surface area contributed by atoms with E-state index in [2.05, 4.69) is 25.5 Å². The first-order chi connectivity index (χ1) is 26.6. The van der Waals surface area contributed by atoms with Crippen LogP contribution in [0.15, 0.2) is 54.7 Å². The molecule has 4 heterocycles. The number of anilines is 2. The number of rotatable bonds is 14. The van der Waals surface area contributed by atoms with E-state index in [0.717, 1.165) is 66.6 Å². The van der Waals surface area contributed by atoms with Crippen molar-refractivity contribution in [2.45, 2.75) is 76.3 Å². The summed E-state index contributed by atoms with van der Waals surface area (Å²) in [4.78, 5) is 87.8. The monoisotopic (exact) mass is 748 g/mol. The molecule has 1 unspecified atom stereocenters. The predicted octanol–water partition coefficient (Wildman–Crippen LogP) is 4.76. The van der Waals surface area contributed by atoms with E-state index in [0.29, 0.717) is 36.8 Å². The van der Waals surface area contributed by atoms with Crippen molar-refractivity contribution in [2.24, 2.45) is 0 Å². The lowest BCUT2D eigenvalue weighted by molar-refractivity contribution is -0.136. The highest BCUT2D eigenvalue weighted by Crippen LogP contribution is 2.36. The molecule has 2 aliphatic heterocycles. The number of nitrogens with one attached hydrogen (secondary N) is 3. The van der Waals surface area contributed by atoms with Crippen LogP contribution in [0, 0.1) is 0 Å². The summed E-state index contributed by atoms with van der Waals surface area (Å²) in [5, 5.41) is 9.21. The standard InChI is InChI=1S/C40H44N8O7/c1-46(2)38(53)30-22-25-23-42-40(45-34(25)47(30)27-10-5-6-11-27)43-26-16-14-24(15-17-26)35(50)41-20-7-3-4-8-21-55-31-13-9-12-28-33(31)39(54)48(37(28)52)29-18-19-32(49)44-36(29)51/h9,12-17,22-23,27,29H,3-8,10-11,18-21H2,1-2H3,(H,41,50)(H,42,43,45)(H,44,49,51). The van der Waals surface area contributed by atoms with Crippen LogP contribution in [0.3, 0.4) is 0 Å². The Labute approximate surface area is 317 Å². The molecular weight excluding hydrogens is 704 g/mol. The van der Waals surface area contributed by atoms with Gasteiger partial charge in [-0.15, -0.1) is 0 Å². The number of hydrogen-bond acceptors (Lipinski definition) is 10. The van der Waals surface area contributed by atoms with Crippen LogP contribution in [0.1, 0.15) is 112 Å². The van der Waals surface area contributed by atoms with E-state index in [1.165, 1.54) is 6.07 Å². The molecule has 2 aromatic carbocycles. The van der Waals surface area contributed by atoms with E-state index in [1.54, 1.807) is 61.6 Å². The third-order valence-electron chi connectivity index (χ3n) is 10.3. The summed E-state index contributed by atoms with van der Waals surface area (Å²) in [6, 6.07) is 12.9. The number of hydrogen-bond donors (Lipinski definition) is 3. The van der Waals surface area contributed by atoms with E-state index in [4.69, 9.17) is 9.72 Å². The minimum Gasteiger partial charge on any atom is -0.493 e. The van der Waals surface area contributed by atoms with Gasteiger partial charge in [0.05, 0.1) is 17.7 Å². The average Bonchev–Trinajstić information content (AvgIpc) is 3.90. The van der Waals surface area contributed by atoms with Crippen LogP contribution in [0.25, 0.3) is 11.0 Å². The van der Waals surface area contributed by atoms with Crippen molar-refractivity contribution in [2.75, 3.05) is 32.6 Å². The van der Waals surface area contributed by atoms with Gasteiger partial charge < -0.3 is 24.8 Å². The summed E-state index contributed by atoms with van der Waals surface area (Å²) >= 11 is 0. The van der Waals surface area contributed by atoms with E-state index >= 15 is 0 Å². The number of unbranched alkanes of at least 4 members (excludes halogenated alkanes) is 3. The summed E-state index contributed by atoms with van der Waals surface area (Å²) < 4.78 is 7.98. The van der Waals surface area contributed by atoms with E-state index in [9.17, 15) is 28.8 Å². The van der Waals surface area contributed by atoms with Gasteiger partial charge in [-0.3, -0.25) is 39.0 Å². The fourth-order valence-electron chi connectivity index (χ4n) is 7.50. The second-order valence-electron chi connectivity index (χ2n) is 14.4. The van der Waals surface area contributed by atoms with Crippen LogP contribution in [-0.2, 0) is 9.59 Å². The van der Waals surface area contributed by atoms with Gasteiger partial charge in [0.2, 0.25) is 17.8 Å². The van der Waals surface area contributed by atoms with Crippen molar-refractivity contribution in [1.82, 2.24) is 35.0 Å². The van der Waals surface area contributed by atoms with E-state index in [1.807, 2.05) is 6.07 Å². The van der Waals surface area contributed by atoms with Gasteiger partial charge in [-0.2, -0.15) is 4.98 Å². The van der Waals surface area contributed by atoms with Crippen molar-refractivity contribution < 1.29 is 33.5 Å². The van der Waals surface area contributed by atoms with Crippen molar-refractivity contribution >= 4 is 58.1 Å². The van der Waals surface area contributed by atoms with Gasteiger partial charge in [0.1, 0.15) is 23.1 Å². The van der Waals surface area contributed by atoms with Gasteiger partial charge in [0.15, 0.2) is 0 Å². The Kier molecular flexibility index (Phi) is 10.9. The molecule has 1 saturated heterocycles. The number of imide groups is 2. The largest absolute Gasteiger partial charge is 0.493 e. The maximum Gasteiger partial charge on any atom is 0.270 e. The summed E-state index contributed by atoms with van der Waals surface area (Å²) in [7, 11) is 3.50. The molecule has 3 N–H and O–H groups in total. The molecule has 0 bridgehead atoms. The molecular formula is C40H44N8O7. The summed E-state index contributed by atoms with van der Waals surface area (Å²) in [6.45, 7) is 0.831. The van der Waals surface area contributed by atoms with Crippen LogP contribution in [0.2, 0.25) is 0 Å². The molecule has 15 heteroatoms. The maximum absolute atomic E-state index is 13.2. The molecule has 15 nitrogen and oxygen atoms in total. The van der Waals surface area contributed by atoms with Crippen LogP contribution >= 0.6 is 0 Å². The second kappa shape index (κ2) is 16.1. The van der Waals surface area contributed by atoms with Crippen molar-refractivity contribution in [3.05, 3.63) is 77.1 Å². The van der Waals surface area contributed by atoms with Crippen molar-refractivity contribution in [1.29, 1.82) is 0 Å². The fraction of sp³-hybridized carbons (Fsp3) is 0.400. The number of nitrogens with zero attached hydrogens (tertiary/aromatic N) is 5. The Bertz CT molecular complexity index is 2160. The zero-order chi connectivity index (χ0) is 38.6. The highest BCUT2D eigenvalue weighted by Gasteiger charge is 2.46. The summed E-state index contributed by atoms with van der Waals surface area (Å²) in [5.74, 6) is -1.80. The molecule has 286 valence electrons. The lowest BCUT2D eigenvalue weighted by Gasteiger charge is -2.27. The molecule has 7 rings (SSSR count). The molecule has 55 heavy (non-hydrogen) atoms. The molecule has 1 saturated carbocycles. The van der Waals surface area contributed by atoms with E-state index in [-0.39, 0.29) is 47.6 Å². The SMILES string of the molecule is CN(C)C(=O)c1cc2cnc(Nc3ccc(C(=O)NCCCCCCOc4cccc5c4C(=O)N(C4CCC(=O)NC4=O)C5=O)cc3)nc2n1C1CCCC1. The van der Waals surface area contributed by atoms with Crippen LogP contribution < -0.4 is 20.7 Å². The number of fused-ring (bicyclic) bond motifs is 2. The molecule has 3 aliphatic rings. The Balaban J connectivity index is 0.851. The van der Waals surface area contributed by atoms with Gasteiger partial charge in [-0.1, -0.05) is 31.7 Å². The molecule has 2 aromatic heterocycles. The zero-order valence-corrected chi connectivity index (χ0v) is 30.9. The first kappa shape index (κ1) is 37.2. The highest BCUT2D eigenvalue weighted by atomic mass is 16.5. The second-order valence-corrected chi connectivity index (χ2v) is 14.4. The van der Waals surface area contributed by atoms with Crippen molar-refractivity contribution in [3.8, 4) is 5.75 Å². The number of aromatic nitrogens is 3. The Morgan fingerprint density at radius 3 is 2.45 bits per heavy atom. The Morgan fingerprint density at radius 2 is 1.71 bits per heavy atom. The number of piperidine rings is 1. The Morgan fingerprint density at radius 1 is 0.945 bits per heavy atom. The smallest absolute Gasteiger partial charge is 0.270 e. The first-order valence-corrected chi connectivity index (χ1v) is 18.8. The lowest BCUT2D eigenvalue weighted by atomic mass is 10.0. The van der Waals surface area contributed by atoms with Crippen LogP contribution in [0.4, 0.5) is 11.6 Å². The van der Waals surface area contributed by atoms with Gasteiger partial charge in [0.25, 0.3) is 23.6 Å². The molecule has 2 fully saturated rings. The Hall–Kier alpha value is -6.12. The molecule has 4 aromatic rings. The number of amides is 6. The zero-order valence-electron chi connectivity index (χ0n) is 30.9. The normalized spacial score (nSPS) is 17.1. The van der Waals surface area contributed by atoms with Gasteiger partial charge in [-0.25, -0.2) is 4.98 Å². The summed E-state index contributed by atoms with van der Waals surface area (Å²) in [6.07, 6.45) is 9.27. The number of ether oxygens (including phenoxy) is 1. The highest BCUT2D eigenvalue weighted by molar-refractivity contribution is 6.24. The first-order valence-electron chi connectivity index (χ1n) is 18.8. The maximum atomic E-state index is 13.2. The topological polar surface area (TPSA) is 185 Å². The third kappa shape index (κ3) is 7.77. The van der Waals surface area contributed by atoms with Crippen LogP contribution in [0.5, 0.6) is 5.75 Å². The molecule has 6 amide bonds. The molecule has 0 spiro atoms. The molecule has 1 aliphatic carbocycles. The fourth-order valence-corrected chi connectivity index (χ4v) is 7.50. The summed E-state index contributed by atoms with van der Waals surface area (Å²) in [5.41, 5.74) is 2.92. The van der Waals surface area contributed by atoms with Crippen molar-refractivity contribution in [3.63, 3.8) is 0 Å². The number of carbonyl (C=O) groups excluding carboxylic acids is 6. The van der Waals surface area contributed by atoms with Gasteiger partial charge in [-0.05, 0) is 74.6 Å². The predicted molar refractivity (Wildman–Crippen MR) is 202 cm³/mol. The van der Waals surface area contributed by atoms with Gasteiger partial charge >= 0.3 is 0 Å². The number of carbonyl (C=O) groups is 6. The minimum absolute atomic E-state index is 0.0530. The number of benzene rings is 2. The third-order valence-corrected chi connectivity index (χ3v) is 10.3. The molecule has 0 radical (unpaired) electrons.